The highest BCUT2D eigenvalue weighted by Gasteiger charge is 2.22. The van der Waals surface area contributed by atoms with E-state index in [0.29, 0.717) is 12.0 Å². The molecule has 0 saturated carbocycles. The second-order valence-corrected chi connectivity index (χ2v) is 4.78. The lowest BCUT2D eigenvalue weighted by Gasteiger charge is -2.35. The normalized spacial score (nSPS) is 12.8. The summed E-state index contributed by atoms with van der Waals surface area (Å²) in [6.45, 7) is 7.38. The number of nitrogens with zero attached hydrogens (tertiary/aromatic N) is 1. The standard InChI is InChI=1S/C15H26N2/c1-5-13(6-2)15(11-16)17(4)14-10-8-7-9-12(14)3/h7-10,13,15H,5-6,11,16H2,1-4H3. The van der Waals surface area contributed by atoms with Crippen molar-refractivity contribution in [3.05, 3.63) is 29.8 Å². The molecule has 0 saturated heterocycles. The quantitative estimate of drug-likeness (QED) is 0.819. The maximum absolute atomic E-state index is 5.97. The van der Waals surface area contributed by atoms with Gasteiger partial charge in [-0.25, -0.2) is 0 Å². The molecule has 1 aromatic carbocycles. The topological polar surface area (TPSA) is 29.3 Å². The van der Waals surface area contributed by atoms with Gasteiger partial charge in [0, 0.05) is 25.3 Å². The molecule has 0 radical (unpaired) electrons. The number of nitrogens with two attached hydrogens (primary N) is 1. The van der Waals surface area contributed by atoms with E-state index < -0.39 is 0 Å². The van der Waals surface area contributed by atoms with Crippen molar-refractivity contribution < 1.29 is 0 Å². The highest BCUT2D eigenvalue weighted by molar-refractivity contribution is 5.53. The lowest BCUT2D eigenvalue weighted by atomic mass is 9.92. The average molecular weight is 234 g/mol. The van der Waals surface area contributed by atoms with Gasteiger partial charge in [0.1, 0.15) is 0 Å². The Labute approximate surface area is 106 Å². The zero-order chi connectivity index (χ0) is 12.8. The van der Waals surface area contributed by atoms with Crippen LogP contribution in [0.15, 0.2) is 24.3 Å². The van der Waals surface area contributed by atoms with Crippen LogP contribution in [0.4, 0.5) is 5.69 Å². The van der Waals surface area contributed by atoms with Gasteiger partial charge in [0.05, 0.1) is 0 Å². The molecule has 0 aromatic heterocycles. The maximum atomic E-state index is 5.97. The summed E-state index contributed by atoms with van der Waals surface area (Å²) in [6, 6.07) is 8.96. The predicted octanol–water partition coefficient (Wildman–Crippen LogP) is 3.19. The zero-order valence-electron chi connectivity index (χ0n) is 11.6. The van der Waals surface area contributed by atoms with Crippen molar-refractivity contribution in [3.63, 3.8) is 0 Å². The van der Waals surface area contributed by atoms with Gasteiger partial charge in [0.2, 0.25) is 0 Å². The number of hydrogen-bond acceptors (Lipinski definition) is 2. The van der Waals surface area contributed by atoms with Crippen LogP contribution in [0.5, 0.6) is 0 Å². The number of aryl methyl sites for hydroxylation is 1. The van der Waals surface area contributed by atoms with Crippen LogP contribution in [0, 0.1) is 12.8 Å². The fourth-order valence-corrected chi connectivity index (χ4v) is 2.64. The highest BCUT2D eigenvalue weighted by atomic mass is 15.1. The van der Waals surface area contributed by atoms with E-state index in [1.54, 1.807) is 0 Å². The molecule has 0 spiro atoms. The van der Waals surface area contributed by atoms with E-state index in [0.717, 1.165) is 6.54 Å². The summed E-state index contributed by atoms with van der Waals surface area (Å²) in [5.74, 6) is 0.671. The number of anilines is 1. The number of para-hydroxylation sites is 1. The third-order valence-corrected chi connectivity index (χ3v) is 3.83. The third-order valence-electron chi connectivity index (χ3n) is 3.83. The van der Waals surface area contributed by atoms with E-state index >= 15 is 0 Å². The lowest BCUT2D eigenvalue weighted by Crippen LogP contribution is -2.43. The first-order chi connectivity index (χ1) is 8.15. The first kappa shape index (κ1) is 14.0. The van der Waals surface area contributed by atoms with Gasteiger partial charge in [-0.15, -0.1) is 0 Å². The summed E-state index contributed by atoms with van der Waals surface area (Å²) in [7, 11) is 2.16. The average Bonchev–Trinajstić information content (AvgIpc) is 2.35. The summed E-state index contributed by atoms with van der Waals surface area (Å²) in [5, 5.41) is 0. The second kappa shape index (κ2) is 6.65. The molecule has 17 heavy (non-hydrogen) atoms. The molecule has 2 N–H and O–H groups in total. The Morgan fingerprint density at radius 1 is 1.18 bits per heavy atom. The Balaban J connectivity index is 2.93. The fourth-order valence-electron chi connectivity index (χ4n) is 2.64. The first-order valence-corrected chi connectivity index (χ1v) is 6.64. The van der Waals surface area contributed by atoms with E-state index in [2.05, 4.69) is 57.0 Å². The smallest absolute Gasteiger partial charge is 0.0437 e. The summed E-state index contributed by atoms with van der Waals surface area (Å²) in [5.41, 5.74) is 8.59. The molecule has 0 fully saturated rings. The van der Waals surface area contributed by atoms with Crippen LogP contribution in [0.3, 0.4) is 0 Å². The van der Waals surface area contributed by atoms with Crippen LogP contribution in [-0.2, 0) is 0 Å². The van der Waals surface area contributed by atoms with Crippen LogP contribution in [0.2, 0.25) is 0 Å². The van der Waals surface area contributed by atoms with E-state index in [-0.39, 0.29) is 0 Å². The molecule has 0 aliphatic carbocycles. The van der Waals surface area contributed by atoms with Gasteiger partial charge in [-0.05, 0) is 24.5 Å². The zero-order valence-corrected chi connectivity index (χ0v) is 11.6. The van der Waals surface area contributed by atoms with E-state index in [1.807, 2.05) is 0 Å². The summed E-state index contributed by atoms with van der Waals surface area (Å²) in [6.07, 6.45) is 2.38. The van der Waals surface area contributed by atoms with Crippen molar-refractivity contribution in [2.45, 2.75) is 39.7 Å². The van der Waals surface area contributed by atoms with Crippen LogP contribution >= 0.6 is 0 Å². The minimum absolute atomic E-state index is 0.436. The SMILES string of the molecule is CCC(CC)C(CN)N(C)c1ccccc1C. The summed E-state index contributed by atoms with van der Waals surface area (Å²) >= 11 is 0. The van der Waals surface area contributed by atoms with Gasteiger partial charge in [0.25, 0.3) is 0 Å². The van der Waals surface area contributed by atoms with E-state index in [4.69, 9.17) is 5.73 Å². The number of rotatable bonds is 6. The van der Waals surface area contributed by atoms with Crippen molar-refractivity contribution >= 4 is 5.69 Å². The van der Waals surface area contributed by atoms with Crippen molar-refractivity contribution in [1.82, 2.24) is 0 Å². The number of hydrogen-bond donors (Lipinski definition) is 1. The van der Waals surface area contributed by atoms with Crippen LogP contribution in [0.1, 0.15) is 32.3 Å². The summed E-state index contributed by atoms with van der Waals surface area (Å²) in [4.78, 5) is 2.35. The minimum atomic E-state index is 0.436. The Bertz CT molecular complexity index is 331. The third kappa shape index (κ3) is 3.22. The van der Waals surface area contributed by atoms with Crippen molar-refractivity contribution in [3.8, 4) is 0 Å². The molecule has 2 nitrogen and oxygen atoms in total. The first-order valence-electron chi connectivity index (χ1n) is 6.64. The Morgan fingerprint density at radius 2 is 1.76 bits per heavy atom. The van der Waals surface area contributed by atoms with Gasteiger partial charge in [-0.3, -0.25) is 0 Å². The molecule has 1 atom stereocenters. The van der Waals surface area contributed by atoms with Gasteiger partial charge >= 0.3 is 0 Å². The monoisotopic (exact) mass is 234 g/mol. The van der Waals surface area contributed by atoms with E-state index in [1.165, 1.54) is 24.1 Å². The van der Waals surface area contributed by atoms with Crippen LogP contribution in [0.25, 0.3) is 0 Å². The molecule has 0 bridgehead atoms. The Hall–Kier alpha value is -1.02. The molecule has 0 heterocycles. The molecule has 96 valence electrons. The molecule has 0 aliphatic heterocycles. The molecule has 1 rings (SSSR count). The van der Waals surface area contributed by atoms with Gasteiger partial charge in [-0.2, -0.15) is 0 Å². The molecule has 1 aromatic rings. The predicted molar refractivity (Wildman–Crippen MR) is 76.5 cm³/mol. The molecule has 0 amide bonds. The van der Waals surface area contributed by atoms with Gasteiger partial charge in [-0.1, -0.05) is 44.9 Å². The van der Waals surface area contributed by atoms with Crippen molar-refractivity contribution in [1.29, 1.82) is 0 Å². The second-order valence-electron chi connectivity index (χ2n) is 4.78. The van der Waals surface area contributed by atoms with Gasteiger partial charge in [0.15, 0.2) is 0 Å². The maximum Gasteiger partial charge on any atom is 0.0437 e. The number of benzene rings is 1. The van der Waals surface area contributed by atoms with Crippen molar-refractivity contribution in [2.24, 2.45) is 11.7 Å². The fraction of sp³-hybridized carbons (Fsp3) is 0.600. The molecule has 2 heteroatoms. The molecular formula is C15H26N2. The van der Waals surface area contributed by atoms with Gasteiger partial charge < -0.3 is 10.6 Å². The molecule has 0 aliphatic rings. The largest absolute Gasteiger partial charge is 0.370 e. The van der Waals surface area contributed by atoms with E-state index in [9.17, 15) is 0 Å². The highest BCUT2D eigenvalue weighted by Crippen LogP contribution is 2.25. The minimum Gasteiger partial charge on any atom is -0.370 e. The Morgan fingerprint density at radius 3 is 2.24 bits per heavy atom. The summed E-state index contributed by atoms with van der Waals surface area (Å²) < 4.78 is 0. The van der Waals surface area contributed by atoms with Crippen LogP contribution < -0.4 is 10.6 Å². The van der Waals surface area contributed by atoms with Crippen molar-refractivity contribution in [2.75, 3.05) is 18.5 Å². The molecular weight excluding hydrogens is 208 g/mol. The van der Waals surface area contributed by atoms with Crippen LogP contribution in [-0.4, -0.2) is 19.6 Å². The number of likely N-dealkylation sites (N-methyl/N-ethyl adjacent to an activating group) is 1. The lowest BCUT2D eigenvalue weighted by molar-refractivity contribution is 0.388. The Kier molecular flexibility index (Phi) is 5.49. The molecule has 1 unspecified atom stereocenters.